The predicted octanol–water partition coefficient (Wildman–Crippen LogP) is 3.82. The van der Waals surface area contributed by atoms with E-state index in [0.717, 1.165) is 29.8 Å². The predicted molar refractivity (Wildman–Crippen MR) is 109 cm³/mol. The lowest BCUT2D eigenvalue weighted by atomic mass is 10.1. The maximum Gasteiger partial charge on any atom is 0.271 e. The number of hydrogen-bond donors (Lipinski definition) is 1. The van der Waals surface area contributed by atoms with Gasteiger partial charge in [0, 0.05) is 18.3 Å². The standard InChI is InChI=1S/C22H19FN6O2/c1-13(14-4-7-17(23)8-5-14)26-21(30)18-11-29(12-25-18)19-9-6-16(10-24-19)22-27-20(28-31-22)15-2-3-15/h4-13,15H,2-3H2,1H3,(H,26,30). The van der Waals surface area contributed by atoms with Gasteiger partial charge in [0.25, 0.3) is 11.8 Å². The zero-order chi connectivity index (χ0) is 21.4. The van der Waals surface area contributed by atoms with Crippen LogP contribution in [0.15, 0.2) is 59.6 Å². The first-order chi connectivity index (χ1) is 15.1. The molecule has 1 unspecified atom stereocenters. The van der Waals surface area contributed by atoms with Crippen LogP contribution in [-0.2, 0) is 0 Å². The molecule has 4 aromatic rings. The summed E-state index contributed by atoms with van der Waals surface area (Å²) in [6.07, 6.45) is 6.99. The van der Waals surface area contributed by atoms with Crippen LogP contribution < -0.4 is 5.32 Å². The summed E-state index contributed by atoms with van der Waals surface area (Å²) < 4.78 is 20.1. The van der Waals surface area contributed by atoms with Gasteiger partial charge in [-0.05, 0) is 49.6 Å². The molecule has 0 radical (unpaired) electrons. The van der Waals surface area contributed by atoms with E-state index < -0.39 is 0 Å². The molecule has 1 saturated carbocycles. The van der Waals surface area contributed by atoms with Crippen LogP contribution in [-0.4, -0.2) is 30.6 Å². The maximum absolute atomic E-state index is 13.1. The average Bonchev–Trinajstić information content (AvgIpc) is 3.31. The molecule has 5 rings (SSSR count). The lowest BCUT2D eigenvalue weighted by Crippen LogP contribution is -2.26. The van der Waals surface area contributed by atoms with Crippen molar-refractivity contribution < 1.29 is 13.7 Å². The van der Waals surface area contributed by atoms with Crippen LogP contribution in [0.1, 0.15) is 53.6 Å². The first-order valence-corrected chi connectivity index (χ1v) is 9.97. The number of benzene rings is 1. The quantitative estimate of drug-likeness (QED) is 0.511. The number of nitrogens with zero attached hydrogens (tertiary/aromatic N) is 5. The Morgan fingerprint density at radius 2 is 2.00 bits per heavy atom. The van der Waals surface area contributed by atoms with Crippen LogP contribution in [0.5, 0.6) is 0 Å². The van der Waals surface area contributed by atoms with E-state index in [-0.39, 0.29) is 23.5 Å². The number of nitrogens with one attached hydrogen (secondary N) is 1. The Bertz CT molecular complexity index is 1210. The molecule has 3 heterocycles. The molecular formula is C22H19FN6O2. The van der Waals surface area contributed by atoms with Crippen molar-refractivity contribution in [3.63, 3.8) is 0 Å². The molecule has 156 valence electrons. The normalized spacial score (nSPS) is 14.4. The van der Waals surface area contributed by atoms with E-state index in [1.807, 2.05) is 13.0 Å². The second-order valence-electron chi connectivity index (χ2n) is 7.55. The highest BCUT2D eigenvalue weighted by molar-refractivity contribution is 5.92. The van der Waals surface area contributed by atoms with Crippen molar-refractivity contribution in [3.05, 3.63) is 78.0 Å². The number of amides is 1. The molecule has 1 N–H and O–H groups in total. The molecule has 8 nitrogen and oxygen atoms in total. The Hall–Kier alpha value is -3.88. The number of pyridine rings is 1. The van der Waals surface area contributed by atoms with Gasteiger partial charge < -0.3 is 9.84 Å². The molecule has 0 bridgehead atoms. The van der Waals surface area contributed by atoms with Crippen LogP contribution in [0.3, 0.4) is 0 Å². The summed E-state index contributed by atoms with van der Waals surface area (Å²) in [7, 11) is 0. The highest BCUT2D eigenvalue weighted by Gasteiger charge is 2.29. The van der Waals surface area contributed by atoms with Gasteiger partial charge in [0.2, 0.25) is 0 Å². The van der Waals surface area contributed by atoms with Crippen molar-refractivity contribution in [2.45, 2.75) is 31.7 Å². The molecule has 1 aromatic carbocycles. The fourth-order valence-corrected chi connectivity index (χ4v) is 3.20. The molecule has 1 aliphatic carbocycles. The second kappa shape index (κ2) is 7.75. The summed E-state index contributed by atoms with van der Waals surface area (Å²) >= 11 is 0. The van der Waals surface area contributed by atoms with Crippen molar-refractivity contribution in [1.82, 2.24) is 30.0 Å². The molecule has 0 aliphatic heterocycles. The number of carbonyl (C=O) groups is 1. The van der Waals surface area contributed by atoms with Gasteiger partial charge in [0.15, 0.2) is 5.82 Å². The molecule has 3 aromatic heterocycles. The summed E-state index contributed by atoms with van der Waals surface area (Å²) in [6, 6.07) is 9.35. The lowest BCUT2D eigenvalue weighted by Gasteiger charge is -2.13. The minimum atomic E-state index is -0.328. The third kappa shape index (κ3) is 4.07. The van der Waals surface area contributed by atoms with Gasteiger partial charge in [-0.1, -0.05) is 17.3 Å². The van der Waals surface area contributed by atoms with Gasteiger partial charge in [0.1, 0.15) is 23.7 Å². The maximum atomic E-state index is 13.1. The number of aromatic nitrogens is 5. The van der Waals surface area contributed by atoms with Crippen LogP contribution in [0.25, 0.3) is 17.3 Å². The van der Waals surface area contributed by atoms with Crippen LogP contribution >= 0.6 is 0 Å². The largest absolute Gasteiger partial charge is 0.344 e. The van der Waals surface area contributed by atoms with E-state index in [1.165, 1.54) is 18.5 Å². The Morgan fingerprint density at radius 1 is 1.19 bits per heavy atom. The Labute approximate surface area is 177 Å². The van der Waals surface area contributed by atoms with Gasteiger partial charge >= 0.3 is 0 Å². The number of imidazole rings is 1. The van der Waals surface area contributed by atoms with Crippen molar-refractivity contribution in [3.8, 4) is 17.3 Å². The minimum absolute atomic E-state index is 0.255. The van der Waals surface area contributed by atoms with Gasteiger partial charge in [-0.15, -0.1) is 0 Å². The van der Waals surface area contributed by atoms with E-state index in [2.05, 4.69) is 25.4 Å². The van der Waals surface area contributed by atoms with Crippen LogP contribution in [0.2, 0.25) is 0 Å². The highest BCUT2D eigenvalue weighted by Crippen LogP contribution is 2.38. The van der Waals surface area contributed by atoms with Crippen molar-refractivity contribution >= 4 is 5.91 Å². The van der Waals surface area contributed by atoms with E-state index in [1.54, 1.807) is 35.2 Å². The minimum Gasteiger partial charge on any atom is -0.344 e. The SMILES string of the molecule is CC(NC(=O)c1cn(-c2ccc(-c3nc(C4CC4)no3)cn2)cn1)c1ccc(F)cc1. The summed E-state index contributed by atoms with van der Waals surface area (Å²) in [4.78, 5) is 25.5. The summed E-state index contributed by atoms with van der Waals surface area (Å²) in [5, 5.41) is 6.87. The fraction of sp³-hybridized carbons (Fsp3) is 0.227. The molecule has 0 spiro atoms. The number of carbonyl (C=O) groups excluding carboxylic acids is 1. The van der Waals surface area contributed by atoms with Gasteiger partial charge in [-0.25, -0.2) is 14.4 Å². The molecule has 1 atom stereocenters. The van der Waals surface area contributed by atoms with E-state index >= 15 is 0 Å². The zero-order valence-electron chi connectivity index (χ0n) is 16.7. The molecule has 1 fully saturated rings. The van der Waals surface area contributed by atoms with Gasteiger partial charge in [-0.2, -0.15) is 4.98 Å². The third-order valence-electron chi connectivity index (χ3n) is 5.18. The first kappa shape index (κ1) is 19.1. The monoisotopic (exact) mass is 418 g/mol. The molecule has 9 heteroatoms. The topological polar surface area (TPSA) is 98.7 Å². The zero-order valence-corrected chi connectivity index (χ0v) is 16.7. The average molecular weight is 418 g/mol. The number of hydrogen-bond acceptors (Lipinski definition) is 6. The van der Waals surface area contributed by atoms with Gasteiger partial charge in [-0.3, -0.25) is 9.36 Å². The summed E-state index contributed by atoms with van der Waals surface area (Å²) in [6.45, 7) is 1.83. The number of halogens is 1. The third-order valence-corrected chi connectivity index (χ3v) is 5.18. The van der Waals surface area contributed by atoms with Crippen LogP contribution in [0, 0.1) is 5.82 Å². The second-order valence-corrected chi connectivity index (χ2v) is 7.55. The molecule has 1 amide bonds. The Balaban J connectivity index is 1.27. The molecule has 0 saturated heterocycles. The van der Waals surface area contributed by atoms with Gasteiger partial charge in [0.05, 0.1) is 11.6 Å². The van der Waals surface area contributed by atoms with E-state index in [9.17, 15) is 9.18 Å². The van der Waals surface area contributed by atoms with Crippen molar-refractivity contribution in [2.75, 3.05) is 0 Å². The molecular weight excluding hydrogens is 399 g/mol. The van der Waals surface area contributed by atoms with Crippen LogP contribution in [0.4, 0.5) is 4.39 Å². The smallest absolute Gasteiger partial charge is 0.271 e. The molecule has 31 heavy (non-hydrogen) atoms. The highest BCUT2D eigenvalue weighted by atomic mass is 19.1. The Kier molecular flexibility index (Phi) is 4.78. The van der Waals surface area contributed by atoms with Crippen molar-refractivity contribution in [2.24, 2.45) is 0 Å². The van der Waals surface area contributed by atoms with E-state index in [4.69, 9.17) is 4.52 Å². The molecule has 1 aliphatic rings. The fourth-order valence-electron chi connectivity index (χ4n) is 3.20. The lowest BCUT2D eigenvalue weighted by molar-refractivity contribution is 0.0935. The summed E-state index contributed by atoms with van der Waals surface area (Å²) in [5.74, 6) is 1.57. The van der Waals surface area contributed by atoms with E-state index in [0.29, 0.717) is 17.6 Å². The Morgan fingerprint density at radius 3 is 2.71 bits per heavy atom. The first-order valence-electron chi connectivity index (χ1n) is 9.97. The number of rotatable bonds is 6. The summed E-state index contributed by atoms with van der Waals surface area (Å²) in [5.41, 5.74) is 1.79. The van der Waals surface area contributed by atoms with Crippen molar-refractivity contribution in [1.29, 1.82) is 0 Å².